The van der Waals surface area contributed by atoms with Gasteiger partial charge in [-0.25, -0.2) is 4.79 Å². The summed E-state index contributed by atoms with van der Waals surface area (Å²) in [6.07, 6.45) is 0. The molecule has 0 radical (unpaired) electrons. The van der Waals surface area contributed by atoms with Crippen molar-refractivity contribution >= 4 is 16.9 Å². The molecular formula is C23H19NO3. The second-order valence-corrected chi connectivity index (χ2v) is 6.42. The van der Waals surface area contributed by atoms with Gasteiger partial charge in [-0.2, -0.15) is 0 Å². The average Bonchev–Trinajstić information content (AvgIpc) is 3.05. The van der Waals surface area contributed by atoms with Gasteiger partial charge in [-0.1, -0.05) is 42.5 Å². The number of rotatable bonds is 4. The zero-order valence-electron chi connectivity index (χ0n) is 14.9. The van der Waals surface area contributed by atoms with E-state index in [0.717, 1.165) is 27.7 Å². The molecule has 27 heavy (non-hydrogen) atoms. The molecule has 3 aromatic carbocycles. The number of carbonyl (C=O) groups excluding carboxylic acids is 1. The summed E-state index contributed by atoms with van der Waals surface area (Å²) in [5.74, 6) is -0.102. The molecule has 4 rings (SSSR count). The Hall–Kier alpha value is -3.53. The summed E-state index contributed by atoms with van der Waals surface area (Å²) in [5.41, 5.74) is 4.71. The fourth-order valence-corrected chi connectivity index (χ4v) is 3.37. The average molecular weight is 357 g/mol. The van der Waals surface area contributed by atoms with Crippen LogP contribution in [-0.2, 0) is 11.3 Å². The molecule has 4 nitrogen and oxygen atoms in total. The van der Waals surface area contributed by atoms with E-state index in [1.54, 1.807) is 18.2 Å². The van der Waals surface area contributed by atoms with Crippen LogP contribution < -0.4 is 0 Å². The maximum Gasteiger partial charge on any atom is 0.337 e. The first-order valence-electron chi connectivity index (χ1n) is 8.70. The lowest BCUT2D eigenvalue weighted by molar-refractivity contribution is 0.0600. The topological polar surface area (TPSA) is 51.5 Å². The van der Waals surface area contributed by atoms with E-state index in [0.29, 0.717) is 12.1 Å². The van der Waals surface area contributed by atoms with Gasteiger partial charge < -0.3 is 14.4 Å². The molecule has 4 aromatic rings. The zero-order chi connectivity index (χ0) is 18.8. The Morgan fingerprint density at radius 1 is 0.963 bits per heavy atom. The van der Waals surface area contributed by atoms with E-state index in [-0.39, 0.29) is 11.7 Å². The molecule has 4 heteroatoms. The number of methoxy groups -OCH3 is 1. The quantitative estimate of drug-likeness (QED) is 0.531. The molecule has 0 bridgehead atoms. The molecule has 0 amide bonds. The van der Waals surface area contributed by atoms with Crippen LogP contribution in [0.25, 0.3) is 22.2 Å². The Labute approximate surface area is 157 Å². The van der Waals surface area contributed by atoms with Gasteiger partial charge in [-0.05, 0) is 47.5 Å². The highest BCUT2D eigenvalue weighted by molar-refractivity contribution is 5.90. The molecule has 1 aromatic heterocycles. The molecule has 1 N–H and O–H groups in total. The summed E-state index contributed by atoms with van der Waals surface area (Å²) in [4.78, 5) is 11.8. The molecule has 0 saturated heterocycles. The number of hydrogen-bond acceptors (Lipinski definition) is 3. The summed E-state index contributed by atoms with van der Waals surface area (Å²) < 4.78 is 7.02. The van der Waals surface area contributed by atoms with Crippen molar-refractivity contribution in [2.24, 2.45) is 0 Å². The first-order valence-corrected chi connectivity index (χ1v) is 8.70. The first kappa shape index (κ1) is 16.9. The number of aromatic hydroxyl groups is 1. The number of fused-ring (bicyclic) bond motifs is 1. The normalized spacial score (nSPS) is 10.9. The third kappa shape index (κ3) is 3.29. The second-order valence-electron chi connectivity index (χ2n) is 6.42. The third-order valence-corrected chi connectivity index (χ3v) is 4.64. The molecular weight excluding hydrogens is 338 g/mol. The number of carbonyl (C=O) groups is 1. The Kier molecular flexibility index (Phi) is 4.38. The number of benzene rings is 3. The molecule has 1 heterocycles. The van der Waals surface area contributed by atoms with Crippen LogP contribution in [0.2, 0.25) is 0 Å². The van der Waals surface area contributed by atoms with E-state index < -0.39 is 0 Å². The van der Waals surface area contributed by atoms with Crippen LogP contribution in [0.15, 0.2) is 78.9 Å². The lowest BCUT2D eigenvalue weighted by Crippen LogP contribution is -2.05. The number of aromatic nitrogens is 1. The predicted octanol–water partition coefficient (Wildman–Crippen LogP) is 4.85. The van der Waals surface area contributed by atoms with Crippen LogP contribution in [0.1, 0.15) is 15.9 Å². The van der Waals surface area contributed by atoms with Gasteiger partial charge in [0.2, 0.25) is 0 Å². The van der Waals surface area contributed by atoms with Crippen LogP contribution in [0.5, 0.6) is 5.75 Å². The van der Waals surface area contributed by atoms with Crippen molar-refractivity contribution in [3.05, 3.63) is 90.0 Å². The van der Waals surface area contributed by atoms with Crippen molar-refractivity contribution in [2.45, 2.75) is 6.54 Å². The van der Waals surface area contributed by atoms with E-state index >= 15 is 0 Å². The summed E-state index contributed by atoms with van der Waals surface area (Å²) >= 11 is 0. The highest BCUT2D eigenvalue weighted by atomic mass is 16.5. The predicted molar refractivity (Wildman–Crippen MR) is 106 cm³/mol. The summed E-state index contributed by atoms with van der Waals surface area (Å²) in [6, 6.07) is 25.0. The van der Waals surface area contributed by atoms with E-state index in [1.807, 2.05) is 42.5 Å². The second kappa shape index (κ2) is 7.00. The number of hydrogen-bond donors (Lipinski definition) is 1. The molecule has 0 unspecified atom stereocenters. The summed E-state index contributed by atoms with van der Waals surface area (Å²) in [5, 5.41) is 10.8. The van der Waals surface area contributed by atoms with Gasteiger partial charge in [-0.3, -0.25) is 0 Å². The van der Waals surface area contributed by atoms with Gasteiger partial charge in [0.1, 0.15) is 5.75 Å². The third-order valence-electron chi connectivity index (χ3n) is 4.64. The number of phenols is 1. The van der Waals surface area contributed by atoms with E-state index in [2.05, 4.69) is 22.8 Å². The van der Waals surface area contributed by atoms with Crippen molar-refractivity contribution in [2.75, 3.05) is 7.11 Å². The van der Waals surface area contributed by atoms with Crippen molar-refractivity contribution in [1.82, 2.24) is 4.57 Å². The van der Waals surface area contributed by atoms with Crippen molar-refractivity contribution < 1.29 is 14.6 Å². The van der Waals surface area contributed by atoms with Gasteiger partial charge in [0.15, 0.2) is 0 Å². The number of esters is 1. The molecule has 134 valence electrons. The Morgan fingerprint density at radius 2 is 1.78 bits per heavy atom. The molecule has 0 spiro atoms. The highest BCUT2D eigenvalue weighted by Crippen LogP contribution is 2.31. The van der Waals surface area contributed by atoms with Gasteiger partial charge >= 0.3 is 5.97 Å². The monoisotopic (exact) mass is 357 g/mol. The maximum atomic E-state index is 11.8. The first-order chi connectivity index (χ1) is 13.2. The smallest absolute Gasteiger partial charge is 0.337 e. The molecule has 0 saturated carbocycles. The summed E-state index contributed by atoms with van der Waals surface area (Å²) in [7, 11) is 1.38. The Balaban J connectivity index is 1.84. The van der Waals surface area contributed by atoms with E-state index in [4.69, 9.17) is 4.74 Å². The van der Waals surface area contributed by atoms with Crippen LogP contribution in [0, 0.1) is 0 Å². The van der Waals surface area contributed by atoms with Crippen LogP contribution in [0.3, 0.4) is 0 Å². The van der Waals surface area contributed by atoms with Crippen molar-refractivity contribution in [3.63, 3.8) is 0 Å². The molecule has 0 atom stereocenters. The van der Waals surface area contributed by atoms with Crippen molar-refractivity contribution in [3.8, 4) is 17.0 Å². The minimum Gasteiger partial charge on any atom is -0.508 e. The zero-order valence-corrected chi connectivity index (χ0v) is 14.9. The van der Waals surface area contributed by atoms with E-state index in [9.17, 15) is 9.90 Å². The van der Waals surface area contributed by atoms with Gasteiger partial charge in [-0.15, -0.1) is 0 Å². The fourth-order valence-electron chi connectivity index (χ4n) is 3.37. The number of nitrogens with zero attached hydrogens (tertiary/aromatic N) is 1. The fraction of sp³-hybridized carbons (Fsp3) is 0.0870. The maximum absolute atomic E-state index is 11.8. The SMILES string of the molecule is COC(=O)c1cccc(Cn2c(-c3ccccc3)cc3cc(O)ccc32)c1. The van der Waals surface area contributed by atoms with E-state index in [1.165, 1.54) is 7.11 Å². The van der Waals surface area contributed by atoms with Crippen molar-refractivity contribution in [1.29, 1.82) is 0 Å². The van der Waals surface area contributed by atoms with Crippen LogP contribution in [0.4, 0.5) is 0 Å². The minimum atomic E-state index is -0.345. The largest absolute Gasteiger partial charge is 0.508 e. The highest BCUT2D eigenvalue weighted by Gasteiger charge is 2.13. The lowest BCUT2D eigenvalue weighted by atomic mass is 10.1. The Morgan fingerprint density at radius 3 is 2.56 bits per heavy atom. The molecule has 0 fully saturated rings. The lowest BCUT2D eigenvalue weighted by Gasteiger charge is -2.12. The standard InChI is InChI=1S/C23H19NO3/c1-27-23(26)18-9-5-6-16(12-18)15-24-21-11-10-20(25)13-19(21)14-22(24)17-7-3-2-4-8-17/h2-14,25H,15H2,1H3. The summed E-state index contributed by atoms with van der Waals surface area (Å²) in [6.45, 7) is 0.601. The number of phenolic OH excluding ortho intramolecular Hbond substituents is 1. The minimum absolute atomic E-state index is 0.243. The van der Waals surface area contributed by atoms with Gasteiger partial charge in [0.05, 0.1) is 12.7 Å². The van der Waals surface area contributed by atoms with Crippen LogP contribution >= 0.6 is 0 Å². The molecule has 0 aliphatic heterocycles. The molecule has 0 aliphatic rings. The van der Waals surface area contributed by atoms with Gasteiger partial charge in [0, 0.05) is 23.1 Å². The Bertz CT molecular complexity index is 1110. The van der Waals surface area contributed by atoms with Gasteiger partial charge in [0.25, 0.3) is 0 Å². The molecule has 0 aliphatic carbocycles. The van der Waals surface area contributed by atoms with Crippen LogP contribution in [-0.4, -0.2) is 22.8 Å². The number of ether oxygens (including phenoxy) is 1.